The zero-order valence-electron chi connectivity index (χ0n) is 2.55. The highest BCUT2D eigenvalue weighted by Gasteiger charge is 1.78. The van der Waals surface area contributed by atoms with Gasteiger partial charge in [0, 0.05) is 4.58 Å². The smallest absolute Gasteiger partial charge is 0.103 e. The second-order valence-electron chi connectivity index (χ2n) is 0.657. The molecular weight excluding hydrogens is 68.0 g/mol. The van der Waals surface area contributed by atoms with Crippen LogP contribution < -0.4 is 0 Å². The summed E-state index contributed by atoms with van der Waals surface area (Å²) in [5.74, 6) is 0. The summed E-state index contributed by atoms with van der Waals surface area (Å²) in [7, 11) is 0. The standard InChI is InChI=1S/C3H3O2/c1-2-4-5-3-1/h1-3H/q+1. The molecule has 0 spiro atoms. The van der Waals surface area contributed by atoms with Crippen LogP contribution in [0.5, 0.6) is 0 Å². The van der Waals surface area contributed by atoms with Crippen molar-refractivity contribution in [2.24, 2.45) is 0 Å². The molecule has 0 atom stereocenters. The van der Waals surface area contributed by atoms with E-state index in [1.54, 1.807) is 6.07 Å². The Balaban J connectivity index is 3.13. The van der Waals surface area contributed by atoms with Gasteiger partial charge >= 0.3 is 6.26 Å². The minimum atomic E-state index is 1.46. The Kier molecular flexibility index (Phi) is 0.433. The summed E-state index contributed by atoms with van der Waals surface area (Å²) < 4.78 is 8.42. The first-order valence-corrected chi connectivity index (χ1v) is 1.30. The van der Waals surface area contributed by atoms with Crippen LogP contribution in [0.2, 0.25) is 0 Å². The fourth-order valence-electron chi connectivity index (χ4n) is 0.160. The molecule has 2 heteroatoms. The molecule has 0 N–H and O–H groups in total. The summed E-state index contributed by atoms with van der Waals surface area (Å²) in [6.07, 6.45) is 2.92. The highest BCUT2D eigenvalue weighted by Crippen LogP contribution is 1.79. The largest absolute Gasteiger partial charge is 0.402 e. The first-order chi connectivity index (χ1) is 2.50. The van der Waals surface area contributed by atoms with Gasteiger partial charge in [-0.25, -0.2) is 0 Å². The minimum Gasteiger partial charge on any atom is -0.103 e. The summed E-state index contributed by atoms with van der Waals surface area (Å²) in [5, 5.41) is 0. The average molecular weight is 71.1 g/mol. The molecule has 0 fully saturated rings. The van der Waals surface area contributed by atoms with Crippen LogP contribution in [0.3, 0.4) is 0 Å². The van der Waals surface area contributed by atoms with Gasteiger partial charge in [-0.05, 0) is 0 Å². The quantitative estimate of drug-likeness (QED) is 0.338. The van der Waals surface area contributed by atoms with Crippen LogP contribution in [0, 0.1) is 0 Å². The van der Waals surface area contributed by atoms with Crippen LogP contribution in [0.15, 0.2) is 27.7 Å². The first kappa shape index (κ1) is 2.45. The molecule has 0 saturated carbocycles. The summed E-state index contributed by atoms with van der Waals surface area (Å²) >= 11 is 0. The Morgan fingerprint density at radius 2 is 2.60 bits per heavy atom. The summed E-state index contributed by atoms with van der Waals surface area (Å²) in [6, 6.07) is 1.67. The maximum Gasteiger partial charge on any atom is 0.402 e. The van der Waals surface area contributed by atoms with Gasteiger partial charge in [-0.3, -0.25) is 0 Å². The molecule has 5 heavy (non-hydrogen) atoms. The van der Waals surface area contributed by atoms with Gasteiger partial charge in [0.05, 0.1) is 6.07 Å². The Bertz CT molecular complexity index is 61.4. The molecule has 1 rings (SSSR count). The van der Waals surface area contributed by atoms with Gasteiger partial charge in [-0.2, -0.15) is 0 Å². The average Bonchev–Trinajstić information content (AvgIpc) is 1.76. The molecule has 0 bridgehead atoms. The Morgan fingerprint density at radius 3 is 2.80 bits per heavy atom. The van der Waals surface area contributed by atoms with Gasteiger partial charge in [0.1, 0.15) is 0 Å². The molecular formula is C3H3O2+. The number of hydrogen-bond donors (Lipinski definition) is 0. The van der Waals surface area contributed by atoms with E-state index in [2.05, 4.69) is 9.15 Å². The topological polar surface area (TPSA) is 24.4 Å². The van der Waals surface area contributed by atoms with Gasteiger partial charge in [0.2, 0.25) is 6.26 Å². The van der Waals surface area contributed by atoms with Gasteiger partial charge in [0.15, 0.2) is 0 Å². The number of rotatable bonds is 0. The molecule has 2 nitrogen and oxygen atoms in total. The summed E-state index contributed by atoms with van der Waals surface area (Å²) in [6.45, 7) is 0. The van der Waals surface area contributed by atoms with E-state index in [9.17, 15) is 0 Å². The summed E-state index contributed by atoms with van der Waals surface area (Å²) in [5.41, 5.74) is 0. The van der Waals surface area contributed by atoms with E-state index < -0.39 is 0 Å². The second-order valence-corrected chi connectivity index (χ2v) is 0.657. The molecule has 0 aliphatic heterocycles. The van der Waals surface area contributed by atoms with Gasteiger partial charge in [-0.1, -0.05) is 0 Å². The Morgan fingerprint density at radius 1 is 1.60 bits per heavy atom. The first-order valence-electron chi connectivity index (χ1n) is 1.30. The van der Waals surface area contributed by atoms with Gasteiger partial charge < -0.3 is 0 Å². The molecule has 0 unspecified atom stereocenters. The van der Waals surface area contributed by atoms with Crippen molar-refractivity contribution in [1.29, 1.82) is 0 Å². The van der Waals surface area contributed by atoms with Gasteiger partial charge in [0.25, 0.3) is 0 Å². The Labute approximate surface area is 29.0 Å². The van der Waals surface area contributed by atoms with E-state index in [0.29, 0.717) is 0 Å². The molecule has 1 aromatic rings. The maximum atomic E-state index is 4.21. The van der Waals surface area contributed by atoms with Crippen LogP contribution in [0.25, 0.3) is 0 Å². The zero-order valence-corrected chi connectivity index (χ0v) is 2.55. The van der Waals surface area contributed by atoms with Crippen molar-refractivity contribution < 1.29 is 9.15 Å². The predicted octanol–water partition coefficient (Wildman–Crippen LogP) is 1.15. The summed E-state index contributed by atoms with van der Waals surface area (Å²) in [4.78, 5) is 0. The molecule has 1 aromatic heterocycles. The lowest BCUT2D eigenvalue weighted by Crippen LogP contribution is -1.16. The fraction of sp³-hybridized carbons (Fsp3) is 0. The Hall–Kier alpha value is -0.790. The van der Waals surface area contributed by atoms with E-state index in [4.69, 9.17) is 0 Å². The van der Waals surface area contributed by atoms with Crippen LogP contribution in [-0.4, -0.2) is 0 Å². The molecule has 0 saturated heterocycles. The van der Waals surface area contributed by atoms with Crippen molar-refractivity contribution in [2.45, 2.75) is 0 Å². The van der Waals surface area contributed by atoms with Crippen molar-refractivity contribution in [3.05, 3.63) is 18.6 Å². The lowest BCUT2D eigenvalue weighted by Gasteiger charge is -1.29. The zero-order chi connectivity index (χ0) is 3.54. The fourth-order valence-corrected chi connectivity index (χ4v) is 0.160. The van der Waals surface area contributed by atoms with E-state index >= 15 is 0 Å². The lowest BCUT2D eigenvalue weighted by molar-refractivity contribution is 0.0612. The molecule has 0 aliphatic carbocycles. The molecule has 0 aliphatic rings. The van der Waals surface area contributed by atoms with Crippen LogP contribution in [-0.2, 0) is 0 Å². The third-order valence-corrected chi connectivity index (χ3v) is 0.324. The van der Waals surface area contributed by atoms with E-state index in [1.165, 1.54) is 12.5 Å². The third kappa shape index (κ3) is 0.265. The molecule has 0 amide bonds. The van der Waals surface area contributed by atoms with Crippen molar-refractivity contribution in [2.75, 3.05) is 0 Å². The normalized spacial score (nSPS) is 8.00. The molecule has 1 heterocycles. The van der Waals surface area contributed by atoms with Gasteiger partial charge in [-0.15, -0.1) is 4.58 Å². The van der Waals surface area contributed by atoms with E-state index in [1.807, 2.05) is 0 Å². The molecule has 26 valence electrons. The van der Waals surface area contributed by atoms with E-state index in [0.717, 1.165) is 0 Å². The van der Waals surface area contributed by atoms with Crippen molar-refractivity contribution in [3.63, 3.8) is 0 Å². The monoisotopic (exact) mass is 71.0 g/mol. The highest BCUT2D eigenvalue weighted by atomic mass is 17.0. The highest BCUT2D eigenvalue weighted by molar-refractivity contribution is 4.63. The van der Waals surface area contributed by atoms with Crippen molar-refractivity contribution in [3.8, 4) is 0 Å². The molecule has 0 radical (unpaired) electrons. The van der Waals surface area contributed by atoms with E-state index in [-0.39, 0.29) is 0 Å². The van der Waals surface area contributed by atoms with Crippen molar-refractivity contribution in [1.82, 2.24) is 0 Å². The molecule has 0 aromatic carbocycles. The van der Waals surface area contributed by atoms with Crippen LogP contribution in [0.1, 0.15) is 0 Å². The lowest BCUT2D eigenvalue weighted by atomic mass is 10.8. The van der Waals surface area contributed by atoms with Crippen molar-refractivity contribution >= 4 is 0 Å². The third-order valence-electron chi connectivity index (χ3n) is 0.324. The van der Waals surface area contributed by atoms with Crippen LogP contribution >= 0.6 is 0 Å². The predicted molar refractivity (Wildman–Crippen MR) is 15.4 cm³/mol. The SMILES string of the molecule is c1co[o+]c1. The maximum absolute atomic E-state index is 4.21. The minimum absolute atomic E-state index is 1.46. The number of hydrogen-bond acceptors (Lipinski definition) is 1. The second kappa shape index (κ2) is 0.885. The van der Waals surface area contributed by atoms with Crippen LogP contribution in [0.4, 0.5) is 0 Å².